The minimum atomic E-state index is -0.760. The largest absolute Gasteiger partial charge is 0.396 e. The molecule has 1 heterocycles. The first-order valence-electron chi connectivity index (χ1n) is 6.17. The van der Waals surface area contributed by atoms with Gasteiger partial charge in [-0.15, -0.1) is 0 Å². The van der Waals surface area contributed by atoms with Crippen LogP contribution in [0.2, 0.25) is 0 Å². The highest BCUT2D eigenvalue weighted by molar-refractivity contribution is 9.10. The number of hydrogen-bond donors (Lipinski definition) is 2. The SMILES string of the molecule is NC(=O)c1c(F)cc(Br)cc1N1CCC(CO)CC1. The summed E-state index contributed by atoms with van der Waals surface area (Å²) in [7, 11) is 0. The van der Waals surface area contributed by atoms with Crippen molar-refractivity contribution in [3.63, 3.8) is 0 Å². The van der Waals surface area contributed by atoms with Crippen molar-refractivity contribution in [2.24, 2.45) is 11.7 Å². The molecule has 0 unspecified atom stereocenters. The summed E-state index contributed by atoms with van der Waals surface area (Å²) in [5.74, 6) is -1.09. The van der Waals surface area contributed by atoms with Crippen molar-refractivity contribution < 1.29 is 14.3 Å². The Morgan fingerprint density at radius 1 is 1.47 bits per heavy atom. The number of primary amides is 1. The number of aliphatic hydroxyl groups excluding tert-OH is 1. The normalized spacial score (nSPS) is 16.7. The molecular formula is C13H16BrFN2O2. The van der Waals surface area contributed by atoms with Gasteiger partial charge in [0.05, 0.1) is 11.3 Å². The highest BCUT2D eigenvalue weighted by atomic mass is 79.9. The van der Waals surface area contributed by atoms with Crippen LogP contribution in [0.1, 0.15) is 23.2 Å². The molecule has 0 radical (unpaired) electrons. The van der Waals surface area contributed by atoms with Gasteiger partial charge >= 0.3 is 0 Å². The molecule has 19 heavy (non-hydrogen) atoms. The van der Waals surface area contributed by atoms with Gasteiger partial charge in [-0.05, 0) is 30.9 Å². The molecule has 1 amide bonds. The number of benzene rings is 1. The van der Waals surface area contributed by atoms with Crippen LogP contribution in [0.15, 0.2) is 16.6 Å². The Bertz CT molecular complexity index is 488. The molecule has 0 spiro atoms. The van der Waals surface area contributed by atoms with E-state index in [1.165, 1.54) is 6.07 Å². The monoisotopic (exact) mass is 330 g/mol. The Labute approximate surface area is 119 Å². The van der Waals surface area contributed by atoms with Gasteiger partial charge in [-0.25, -0.2) is 4.39 Å². The number of hydrogen-bond acceptors (Lipinski definition) is 3. The molecule has 1 aromatic carbocycles. The molecule has 0 atom stereocenters. The molecule has 0 bridgehead atoms. The first-order chi connectivity index (χ1) is 9.02. The first-order valence-corrected chi connectivity index (χ1v) is 6.97. The van der Waals surface area contributed by atoms with Crippen molar-refractivity contribution in [2.45, 2.75) is 12.8 Å². The van der Waals surface area contributed by atoms with Crippen LogP contribution in [-0.2, 0) is 0 Å². The second-order valence-corrected chi connectivity index (χ2v) is 5.67. The van der Waals surface area contributed by atoms with Crippen molar-refractivity contribution in [2.75, 3.05) is 24.6 Å². The molecule has 3 N–H and O–H groups in total. The first kappa shape index (κ1) is 14.3. The standard InChI is InChI=1S/C13H16BrFN2O2/c14-9-5-10(15)12(13(16)19)11(6-9)17-3-1-8(7-18)2-4-17/h5-6,8,18H,1-4,7H2,(H2,16,19). The molecule has 0 aliphatic carbocycles. The van der Waals surface area contributed by atoms with E-state index in [1.54, 1.807) is 6.07 Å². The summed E-state index contributed by atoms with van der Waals surface area (Å²) in [6, 6.07) is 2.95. The maximum Gasteiger partial charge on any atom is 0.253 e. The fraction of sp³-hybridized carbons (Fsp3) is 0.462. The van der Waals surface area contributed by atoms with Crippen LogP contribution in [-0.4, -0.2) is 30.7 Å². The molecular weight excluding hydrogens is 315 g/mol. The third-order valence-electron chi connectivity index (χ3n) is 3.49. The molecule has 4 nitrogen and oxygen atoms in total. The quantitative estimate of drug-likeness (QED) is 0.889. The molecule has 1 aliphatic heterocycles. The van der Waals surface area contributed by atoms with Crippen LogP contribution in [0.5, 0.6) is 0 Å². The van der Waals surface area contributed by atoms with Crippen molar-refractivity contribution in [3.05, 3.63) is 28.0 Å². The average molecular weight is 331 g/mol. The van der Waals surface area contributed by atoms with E-state index in [0.717, 1.165) is 12.8 Å². The Morgan fingerprint density at radius 2 is 2.11 bits per heavy atom. The second kappa shape index (κ2) is 5.88. The zero-order valence-corrected chi connectivity index (χ0v) is 12.0. The number of nitrogens with zero attached hydrogens (tertiary/aromatic N) is 1. The minimum Gasteiger partial charge on any atom is -0.396 e. The molecule has 6 heteroatoms. The van der Waals surface area contributed by atoms with E-state index in [9.17, 15) is 9.18 Å². The maximum atomic E-state index is 13.9. The van der Waals surface area contributed by atoms with E-state index in [4.69, 9.17) is 10.8 Å². The van der Waals surface area contributed by atoms with Gasteiger partial charge < -0.3 is 15.7 Å². The lowest BCUT2D eigenvalue weighted by Crippen LogP contribution is -2.36. The Balaban J connectivity index is 2.31. The van der Waals surface area contributed by atoms with Crippen LogP contribution in [0.3, 0.4) is 0 Å². The third kappa shape index (κ3) is 3.06. The number of anilines is 1. The van der Waals surface area contributed by atoms with E-state index in [2.05, 4.69) is 15.9 Å². The molecule has 2 rings (SSSR count). The Kier molecular flexibility index (Phi) is 4.42. The van der Waals surface area contributed by atoms with Gasteiger partial charge in [0.2, 0.25) is 0 Å². The molecule has 0 saturated carbocycles. The average Bonchev–Trinajstić information content (AvgIpc) is 2.37. The van der Waals surface area contributed by atoms with E-state index < -0.39 is 11.7 Å². The highest BCUT2D eigenvalue weighted by Gasteiger charge is 2.24. The Hall–Kier alpha value is -1.14. The van der Waals surface area contributed by atoms with Crippen molar-refractivity contribution in [1.82, 2.24) is 0 Å². The van der Waals surface area contributed by atoms with Crippen molar-refractivity contribution >= 4 is 27.5 Å². The summed E-state index contributed by atoms with van der Waals surface area (Å²) in [5, 5.41) is 9.12. The van der Waals surface area contributed by atoms with Gasteiger partial charge in [-0.2, -0.15) is 0 Å². The van der Waals surface area contributed by atoms with Crippen LogP contribution in [0, 0.1) is 11.7 Å². The highest BCUT2D eigenvalue weighted by Crippen LogP contribution is 2.30. The lowest BCUT2D eigenvalue weighted by atomic mass is 9.96. The van der Waals surface area contributed by atoms with E-state index in [0.29, 0.717) is 23.2 Å². The number of amides is 1. The molecule has 104 valence electrons. The summed E-state index contributed by atoms with van der Waals surface area (Å²) < 4.78 is 14.4. The lowest BCUT2D eigenvalue weighted by molar-refractivity contribution is 0.0996. The van der Waals surface area contributed by atoms with Gasteiger partial charge in [0.1, 0.15) is 5.82 Å². The summed E-state index contributed by atoms with van der Waals surface area (Å²) in [6.07, 6.45) is 1.64. The molecule has 1 aromatic rings. The van der Waals surface area contributed by atoms with Gasteiger partial charge in [0.25, 0.3) is 5.91 Å². The lowest BCUT2D eigenvalue weighted by Gasteiger charge is -2.34. The molecule has 1 fully saturated rings. The van der Waals surface area contributed by atoms with E-state index in [-0.39, 0.29) is 18.1 Å². The predicted molar refractivity (Wildman–Crippen MR) is 74.6 cm³/mol. The third-order valence-corrected chi connectivity index (χ3v) is 3.95. The number of carbonyl (C=O) groups excluding carboxylic acids is 1. The number of nitrogens with two attached hydrogens (primary N) is 1. The van der Waals surface area contributed by atoms with Crippen LogP contribution < -0.4 is 10.6 Å². The van der Waals surface area contributed by atoms with Crippen molar-refractivity contribution in [3.8, 4) is 0 Å². The summed E-state index contributed by atoms with van der Waals surface area (Å²) in [6.45, 7) is 1.53. The predicted octanol–water partition coefficient (Wildman–Crippen LogP) is 1.90. The Morgan fingerprint density at radius 3 is 2.63 bits per heavy atom. The van der Waals surface area contributed by atoms with E-state index in [1.807, 2.05) is 4.90 Å². The maximum absolute atomic E-state index is 13.9. The number of aliphatic hydroxyl groups is 1. The zero-order valence-electron chi connectivity index (χ0n) is 10.4. The number of rotatable bonds is 3. The van der Waals surface area contributed by atoms with Crippen molar-refractivity contribution in [1.29, 1.82) is 0 Å². The fourth-order valence-corrected chi connectivity index (χ4v) is 2.83. The van der Waals surface area contributed by atoms with Gasteiger partial charge in [-0.3, -0.25) is 4.79 Å². The van der Waals surface area contributed by atoms with Crippen LogP contribution >= 0.6 is 15.9 Å². The molecule has 1 aliphatic rings. The zero-order chi connectivity index (χ0) is 14.0. The smallest absolute Gasteiger partial charge is 0.253 e. The van der Waals surface area contributed by atoms with E-state index >= 15 is 0 Å². The van der Waals surface area contributed by atoms with Gasteiger partial charge in [-0.1, -0.05) is 15.9 Å². The van der Waals surface area contributed by atoms with Crippen LogP contribution in [0.4, 0.5) is 10.1 Å². The summed E-state index contributed by atoms with van der Waals surface area (Å²) in [4.78, 5) is 13.4. The van der Waals surface area contributed by atoms with Crippen LogP contribution in [0.25, 0.3) is 0 Å². The number of carbonyl (C=O) groups is 1. The molecule has 0 aromatic heterocycles. The minimum absolute atomic E-state index is 0.0642. The summed E-state index contributed by atoms with van der Waals surface area (Å²) >= 11 is 3.23. The second-order valence-electron chi connectivity index (χ2n) is 4.76. The number of halogens is 2. The topological polar surface area (TPSA) is 66.6 Å². The summed E-state index contributed by atoms with van der Waals surface area (Å²) in [5.41, 5.74) is 5.72. The number of piperidine rings is 1. The fourth-order valence-electron chi connectivity index (χ4n) is 2.41. The molecule has 1 saturated heterocycles. The van der Waals surface area contributed by atoms with Gasteiger partial charge in [0.15, 0.2) is 0 Å². The van der Waals surface area contributed by atoms with Gasteiger partial charge in [0, 0.05) is 24.2 Å².